The molecule has 0 heterocycles. The van der Waals surface area contributed by atoms with Gasteiger partial charge in [0.2, 0.25) is 0 Å². The summed E-state index contributed by atoms with van der Waals surface area (Å²) in [5.74, 6) is -0.508. The Balaban J connectivity index is 1.98. The molecule has 0 aliphatic heterocycles. The Hall–Kier alpha value is -1.23. The van der Waals surface area contributed by atoms with Crippen molar-refractivity contribution in [3.8, 4) is 0 Å². The molecule has 0 unspecified atom stereocenters. The molecule has 4 nitrogen and oxygen atoms in total. The Bertz CT molecular complexity index is 483. The molecule has 3 atom stereocenters. The zero-order valence-electron chi connectivity index (χ0n) is 16.7. The second-order valence-electron chi connectivity index (χ2n) is 7.64. The summed E-state index contributed by atoms with van der Waals surface area (Å²) in [6, 6.07) is 0. The molecule has 1 rings (SSSR count). The molecule has 0 aromatic rings. The van der Waals surface area contributed by atoms with Gasteiger partial charge in [-0.1, -0.05) is 56.8 Å². The second-order valence-corrected chi connectivity index (χ2v) is 7.64. The Kier molecular flexibility index (Phi) is 12.2. The fraction of sp³-hybridized carbons (Fsp3) is 0.696. The lowest BCUT2D eigenvalue weighted by atomic mass is 9.80. The number of aliphatic hydroxyl groups is 3. The third-order valence-electron chi connectivity index (χ3n) is 5.31. The average molecular weight is 379 g/mol. The van der Waals surface area contributed by atoms with Crippen LogP contribution in [-0.2, 0) is 4.79 Å². The molecule has 0 amide bonds. The van der Waals surface area contributed by atoms with Crippen LogP contribution in [0.1, 0.15) is 83.5 Å². The summed E-state index contributed by atoms with van der Waals surface area (Å²) < 4.78 is 0. The number of aliphatic hydroxyl groups excluding tert-OH is 2. The van der Waals surface area contributed by atoms with Gasteiger partial charge in [-0.2, -0.15) is 0 Å². The number of ketones is 1. The van der Waals surface area contributed by atoms with Crippen LogP contribution in [0.15, 0.2) is 37.0 Å². The van der Waals surface area contributed by atoms with Gasteiger partial charge in [0, 0.05) is 0 Å². The van der Waals surface area contributed by atoms with Gasteiger partial charge in [-0.15, -0.1) is 6.58 Å². The normalized spacial score (nSPS) is 25.4. The zero-order chi connectivity index (χ0) is 20.0. The lowest BCUT2D eigenvalue weighted by Gasteiger charge is -2.35. The van der Waals surface area contributed by atoms with Gasteiger partial charge in [-0.25, -0.2) is 0 Å². The van der Waals surface area contributed by atoms with Crippen molar-refractivity contribution in [1.29, 1.82) is 0 Å². The largest absolute Gasteiger partial charge is 0.387 e. The van der Waals surface area contributed by atoms with Crippen LogP contribution in [0.5, 0.6) is 0 Å². The maximum Gasteiger partial charge on any atom is 0.189 e. The van der Waals surface area contributed by atoms with Gasteiger partial charge in [0.15, 0.2) is 11.4 Å². The van der Waals surface area contributed by atoms with Gasteiger partial charge in [-0.05, 0) is 57.1 Å². The maximum atomic E-state index is 11.8. The molecule has 1 aliphatic carbocycles. The first-order chi connectivity index (χ1) is 13.0. The predicted molar refractivity (Wildman–Crippen MR) is 110 cm³/mol. The molecule has 0 bridgehead atoms. The number of rotatable bonds is 15. The van der Waals surface area contributed by atoms with E-state index in [4.69, 9.17) is 0 Å². The minimum atomic E-state index is -1.83. The molecule has 27 heavy (non-hydrogen) atoms. The number of unbranched alkanes of at least 4 members (excludes halogenated alkanes) is 10. The topological polar surface area (TPSA) is 77.8 Å². The van der Waals surface area contributed by atoms with Gasteiger partial charge in [-0.3, -0.25) is 4.79 Å². The van der Waals surface area contributed by atoms with Crippen molar-refractivity contribution in [3.63, 3.8) is 0 Å². The van der Waals surface area contributed by atoms with Crippen LogP contribution in [0.3, 0.4) is 0 Å². The molecule has 0 aromatic carbocycles. The lowest BCUT2D eigenvalue weighted by Crippen LogP contribution is -2.56. The molecule has 4 heteroatoms. The van der Waals surface area contributed by atoms with E-state index < -0.39 is 23.6 Å². The number of hydrogen-bond donors (Lipinski definition) is 3. The summed E-state index contributed by atoms with van der Waals surface area (Å²) in [4.78, 5) is 11.8. The Morgan fingerprint density at radius 2 is 1.41 bits per heavy atom. The zero-order valence-corrected chi connectivity index (χ0v) is 16.7. The van der Waals surface area contributed by atoms with Crippen molar-refractivity contribution < 1.29 is 20.1 Å². The smallest absolute Gasteiger partial charge is 0.189 e. The van der Waals surface area contributed by atoms with Gasteiger partial charge < -0.3 is 15.3 Å². The Morgan fingerprint density at radius 1 is 0.889 bits per heavy atom. The standard InChI is InChI=1S/C23H38O4/c1-2-3-4-5-6-7-8-9-10-11-12-13-14-15-16-19-23(27)21(25)18-17-20(24)22(23)26/h2,9-10,17-18,20,22,24,26-27H,1,3-8,11-16,19H2/b10-9-/t20-,22+,23-/m0/s1. The van der Waals surface area contributed by atoms with Crippen LogP contribution >= 0.6 is 0 Å². The molecule has 0 fully saturated rings. The first-order valence-corrected chi connectivity index (χ1v) is 10.6. The van der Waals surface area contributed by atoms with Gasteiger partial charge in [0.1, 0.15) is 12.2 Å². The summed E-state index contributed by atoms with van der Waals surface area (Å²) in [5, 5.41) is 29.9. The van der Waals surface area contributed by atoms with E-state index in [2.05, 4.69) is 18.7 Å². The van der Waals surface area contributed by atoms with Crippen molar-refractivity contribution in [2.45, 2.75) is 101 Å². The van der Waals surface area contributed by atoms with E-state index in [0.29, 0.717) is 6.42 Å². The molecule has 1 aliphatic rings. The summed E-state index contributed by atoms with van der Waals surface area (Å²) in [6.07, 6.45) is 20.0. The lowest BCUT2D eigenvalue weighted by molar-refractivity contribution is -0.158. The minimum absolute atomic E-state index is 0.196. The average Bonchev–Trinajstić information content (AvgIpc) is 2.66. The number of carbonyl (C=O) groups is 1. The molecule has 0 radical (unpaired) electrons. The highest BCUT2D eigenvalue weighted by Crippen LogP contribution is 2.27. The van der Waals surface area contributed by atoms with Crippen LogP contribution < -0.4 is 0 Å². The maximum absolute atomic E-state index is 11.8. The van der Waals surface area contributed by atoms with E-state index in [1.54, 1.807) is 0 Å². The number of carbonyl (C=O) groups excluding carboxylic acids is 1. The van der Waals surface area contributed by atoms with Crippen LogP contribution in [0, 0.1) is 0 Å². The summed E-state index contributed by atoms with van der Waals surface area (Å²) >= 11 is 0. The van der Waals surface area contributed by atoms with Gasteiger partial charge in [0.05, 0.1) is 0 Å². The molecule has 0 aromatic heterocycles. The highest BCUT2D eigenvalue weighted by atomic mass is 16.4. The van der Waals surface area contributed by atoms with E-state index in [9.17, 15) is 20.1 Å². The molecule has 0 spiro atoms. The Labute approximate surface area is 164 Å². The highest BCUT2D eigenvalue weighted by molar-refractivity contribution is 5.98. The molecule has 154 valence electrons. The summed E-state index contributed by atoms with van der Waals surface area (Å²) in [7, 11) is 0. The van der Waals surface area contributed by atoms with Crippen LogP contribution in [0.4, 0.5) is 0 Å². The van der Waals surface area contributed by atoms with Gasteiger partial charge >= 0.3 is 0 Å². The quantitative estimate of drug-likeness (QED) is 0.292. The monoisotopic (exact) mass is 378 g/mol. The summed E-state index contributed by atoms with van der Waals surface area (Å²) in [5.41, 5.74) is -1.83. The summed E-state index contributed by atoms with van der Waals surface area (Å²) in [6.45, 7) is 3.74. The second kappa shape index (κ2) is 13.9. The third-order valence-corrected chi connectivity index (χ3v) is 5.31. The fourth-order valence-corrected chi connectivity index (χ4v) is 3.46. The van der Waals surface area contributed by atoms with E-state index in [-0.39, 0.29) is 6.42 Å². The minimum Gasteiger partial charge on any atom is -0.387 e. The van der Waals surface area contributed by atoms with Crippen LogP contribution in [-0.4, -0.2) is 38.9 Å². The molecular weight excluding hydrogens is 340 g/mol. The number of allylic oxidation sites excluding steroid dienone is 3. The third kappa shape index (κ3) is 9.00. The Morgan fingerprint density at radius 3 is 2.00 bits per heavy atom. The predicted octanol–water partition coefficient (Wildman–Crippen LogP) is 4.39. The molecular formula is C23H38O4. The first-order valence-electron chi connectivity index (χ1n) is 10.6. The highest BCUT2D eigenvalue weighted by Gasteiger charge is 2.46. The van der Waals surface area contributed by atoms with Gasteiger partial charge in [0.25, 0.3) is 0 Å². The molecule has 0 saturated carbocycles. The fourth-order valence-electron chi connectivity index (χ4n) is 3.46. The number of hydrogen-bond acceptors (Lipinski definition) is 4. The molecule has 3 N–H and O–H groups in total. The first kappa shape index (κ1) is 23.8. The van der Waals surface area contributed by atoms with Crippen molar-refractivity contribution in [2.24, 2.45) is 0 Å². The van der Waals surface area contributed by atoms with Crippen molar-refractivity contribution in [1.82, 2.24) is 0 Å². The van der Waals surface area contributed by atoms with Crippen LogP contribution in [0.25, 0.3) is 0 Å². The SMILES string of the molecule is C=CCCCCCC/C=C\CCCCCCC[C@]1(O)C(=O)C=C[C@H](O)[C@H]1O. The van der Waals surface area contributed by atoms with Crippen molar-refractivity contribution in [2.75, 3.05) is 0 Å². The van der Waals surface area contributed by atoms with E-state index >= 15 is 0 Å². The van der Waals surface area contributed by atoms with Crippen molar-refractivity contribution >= 4 is 5.78 Å². The van der Waals surface area contributed by atoms with Crippen LogP contribution in [0.2, 0.25) is 0 Å². The van der Waals surface area contributed by atoms with E-state index in [1.807, 2.05) is 6.08 Å². The van der Waals surface area contributed by atoms with Crippen molar-refractivity contribution in [3.05, 3.63) is 37.0 Å². The molecule has 0 saturated heterocycles. The van der Waals surface area contributed by atoms with E-state index in [0.717, 1.165) is 38.5 Å². The van der Waals surface area contributed by atoms with E-state index in [1.165, 1.54) is 44.3 Å².